The lowest BCUT2D eigenvalue weighted by molar-refractivity contribution is -0.117. The molecule has 1 atom stereocenters. The Morgan fingerprint density at radius 2 is 2.03 bits per heavy atom. The van der Waals surface area contributed by atoms with E-state index in [0.717, 1.165) is 23.1 Å². The van der Waals surface area contributed by atoms with Crippen molar-refractivity contribution in [3.05, 3.63) is 53.1 Å². The minimum absolute atomic E-state index is 0.0768. The molecule has 0 spiro atoms. The van der Waals surface area contributed by atoms with Gasteiger partial charge in [-0.3, -0.25) is 9.59 Å². The summed E-state index contributed by atoms with van der Waals surface area (Å²) in [6, 6.07) is 12.3. The van der Waals surface area contributed by atoms with Gasteiger partial charge in [-0.15, -0.1) is 0 Å². The van der Waals surface area contributed by atoms with Gasteiger partial charge in [0, 0.05) is 36.6 Å². The lowest BCUT2D eigenvalue weighted by atomic mass is 10.2. The van der Waals surface area contributed by atoms with Crippen LogP contribution >= 0.6 is 33.3 Å². The predicted molar refractivity (Wildman–Crippen MR) is 118 cm³/mol. The molecule has 154 valence electrons. The molecule has 29 heavy (non-hydrogen) atoms. The predicted octanol–water partition coefficient (Wildman–Crippen LogP) is 3.92. The van der Waals surface area contributed by atoms with Crippen LogP contribution in [0, 0.1) is 0 Å². The van der Waals surface area contributed by atoms with E-state index in [1.54, 1.807) is 41.3 Å². The fraction of sp³-hybridized carbons (Fsp3) is 0.300. The molecule has 1 unspecified atom stereocenters. The van der Waals surface area contributed by atoms with Crippen LogP contribution in [0.3, 0.4) is 0 Å². The number of aliphatic hydroxyl groups excluding tert-OH is 1. The molecule has 3 rings (SSSR count). The number of anilines is 2. The van der Waals surface area contributed by atoms with Gasteiger partial charge in [0.25, 0.3) is 5.91 Å². The van der Waals surface area contributed by atoms with Crippen molar-refractivity contribution in [1.82, 2.24) is 5.32 Å². The van der Waals surface area contributed by atoms with Crippen molar-refractivity contribution >= 4 is 56.4 Å². The maximum absolute atomic E-state index is 12.3. The van der Waals surface area contributed by atoms with Gasteiger partial charge in [-0.2, -0.15) is 0 Å². The summed E-state index contributed by atoms with van der Waals surface area (Å²) in [7, 11) is 6.75. The largest absolute Gasteiger partial charge is 0.389 e. The number of benzene rings is 2. The number of hydrogen-bond donors (Lipinski definition) is 3. The third kappa shape index (κ3) is 5.57. The Hall–Kier alpha value is -1.93. The molecule has 1 aliphatic rings. The standard InChI is InChI=1S/C20H21Cl2N3O3S/c21-16-10-13(7-8-17(16)25-9-3-6-19(25)27)23-11-14(26)12-24-20(28)15-4-1-2-5-18(15)29-22/h1-2,4-5,7-8,10,14,23,26H,3,6,9,11-12H2,(H,24,28). The monoisotopic (exact) mass is 453 g/mol. The molecule has 0 saturated carbocycles. The van der Waals surface area contributed by atoms with Crippen LogP contribution in [0.2, 0.25) is 5.02 Å². The van der Waals surface area contributed by atoms with Crippen molar-refractivity contribution in [2.75, 3.05) is 29.9 Å². The highest BCUT2D eigenvalue weighted by Crippen LogP contribution is 2.31. The zero-order valence-corrected chi connectivity index (χ0v) is 17.9. The van der Waals surface area contributed by atoms with Crippen molar-refractivity contribution in [2.24, 2.45) is 0 Å². The topological polar surface area (TPSA) is 81.7 Å². The molecule has 0 bridgehead atoms. The third-order valence-electron chi connectivity index (χ3n) is 4.57. The summed E-state index contributed by atoms with van der Waals surface area (Å²) in [5.74, 6) is -0.219. The van der Waals surface area contributed by atoms with Crippen LogP contribution < -0.4 is 15.5 Å². The Morgan fingerprint density at radius 1 is 1.24 bits per heavy atom. The van der Waals surface area contributed by atoms with Crippen LogP contribution in [0.15, 0.2) is 47.4 Å². The molecule has 2 amide bonds. The first-order valence-electron chi connectivity index (χ1n) is 9.17. The molecule has 1 aliphatic heterocycles. The zero-order valence-electron chi connectivity index (χ0n) is 15.5. The maximum atomic E-state index is 12.3. The van der Waals surface area contributed by atoms with Crippen molar-refractivity contribution in [2.45, 2.75) is 23.8 Å². The van der Waals surface area contributed by atoms with Gasteiger partial charge in [0.1, 0.15) is 0 Å². The molecule has 2 aromatic rings. The summed E-state index contributed by atoms with van der Waals surface area (Å²) in [4.78, 5) is 26.5. The minimum atomic E-state index is -0.798. The number of hydrogen-bond acceptors (Lipinski definition) is 5. The summed E-state index contributed by atoms with van der Waals surface area (Å²) in [5.41, 5.74) is 1.88. The van der Waals surface area contributed by atoms with Crippen LogP contribution in [0.25, 0.3) is 0 Å². The second kappa shape index (κ2) is 10.2. The molecule has 0 aromatic heterocycles. The van der Waals surface area contributed by atoms with Gasteiger partial charge in [0.2, 0.25) is 5.91 Å². The van der Waals surface area contributed by atoms with E-state index < -0.39 is 6.10 Å². The maximum Gasteiger partial charge on any atom is 0.252 e. The highest BCUT2D eigenvalue weighted by molar-refractivity contribution is 8.21. The number of nitrogens with one attached hydrogen (secondary N) is 2. The van der Waals surface area contributed by atoms with Crippen LogP contribution in [0.1, 0.15) is 23.2 Å². The molecular weight excluding hydrogens is 433 g/mol. The molecule has 0 aliphatic carbocycles. The van der Waals surface area contributed by atoms with E-state index in [4.69, 9.17) is 22.3 Å². The van der Waals surface area contributed by atoms with E-state index in [-0.39, 0.29) is 24.9 Å². The molecule has 3 N–H and O–H groups in total. The second-order valence-corrected chi connectivity index (χ2v) is 8.10. The highest BCUT2D eigenvalue weighted by atomic mass is 35.7. The zero-order chi connectivity index (χ0) is 20.8. The molecule has 1 saturated heterocycles. The van der Waals surface area contributed by atoms with Crippen LogP contribution in [0.4, 0.5) is 11.4 Å². The average Bonchev–Trinajstić information content (AvgIpc) is 3.16. The molecular formula is C20H21Cl2N3O3S. The fourth-order valence-corrected chi connectivity index (χ4v) is 4.13. The van der Waals surface area contributed by atoms with Gasteiger partial charge in [-0.05, 0) is 58.4 Å². The van der Waals surface area contributed by atoms with Gasteiger partial charge >= 0.3 is 0 Å². The Bertz CT molecular complexity index is 897. The molecule has 1 fully saturated rings. The van der Waals surface area contributed by atoms with Crippen molar-refractivity contribution in [1.29, 1.82) is 0 Å². The number of carbonyl (C=O) groups excluding carboxylic acids is 2. The molecule has 2 aromatic carbocycles. The first kappa shape index (κ1) is 21.8. The number of rotatable bonds is 8. The van der Waals surface area contributed by atoms with Crippen molar-refractivity contribution in [3.8, 4) is 0 Å². The average molecular weight is 454 g/mol. The smallest absolute Gasteiger partial charge is 0.252 e. The van der Waals surface area contributed by atoms with Gasteiger partial charge < -0.3 is 20.6 Å². The van der Waals surface area contributed by atoms with Gasteiger partial charge in [-0.25, -0.2) is 0 Å². The highest BCUT2D eigenvalue weighted by Gasteiger charge is 2.23. The van der Waals surface area contributed by atoms with E-state index in [9.17, 15) is 14.7 Å². The molecule has 0 radical (unpaired) electrons. The number of halogens is 2. The van der Waals surface area contributed by atoms with E-state index in [2.05, 4.69) is 10.6 Å². The van der Waals surface area contributed by atoms with Gasteiger partial charge in [0.05, 0.1) is 22.4 Å². The second-order valence-electron chi connectivity index (χ2n) is 6.63. The number of amides is 2. The molecule has 6 nitrogen and oxygen atoms in total. The summed E-state index contributed by atoms with van der Waals surface area (Å²) in [6.45, 7) is 0.987. The van der Waals surface area contributed by atoms with Gasteiger partial charge in [0.15, 0.2) is 0 Å². The van der Waals surface area contributed by atoms with E-state index in [1.165, 1.54) is 0 Å². The Morgan fingerprint density at radius 3 is 2.72 bits per heavy atom. The summed E-state index contributed by atoms with van der Waals surface area (Å²) in [5, 5.41) is 16.4. The number of nitrogens with zero attached hydrogens (tertiary/aromatic N) is 1. The van der Waals surface area contributed by atoms with Crippen LogP contribution in [-0.2, 0) is 4.79 Å². The van der Waals surface area contributed by atoms with Crippen LogP contribution in [0.5, 0.6) is 0 Å². The van der Waals surface area contributed by atoms with Gasteiger partial charge in [-0.1, -0.05) is 23.7 Å². The number of carbonyl (C=O) groups is 2. The molecule has 9 heteroatoms. The summed E-state index contributed by atoms with van der Waals surface area (Å²) in [6.07, 6.45) is 0.581. The van der Waals surface area contributed by atoms with E-state index in [1.807, 2.05) is 6.07 Å². The Kier molecular flexibility index (Phi) is 7.66. The molecule has 1 heterocycles. The summed E-state index contributed by atoms with van der Waals surface area (Å²) < 4.78 is 0. The third-order valence-corrected chi connectivity index (χ3v) is 5.89. The van der Waals surface area contributed by atoms with Crippen molar-refractivity contribution in [3.63, 3.8) is 0 Å². The quantitative estimate of drug-likeness (QED) is 0.564. The lowest BCUT2D eigenvalue weighted by Crippen LogP contribution is -2.36. The number of aliphatic hydroxyl groups is 1. The fourth-order valence-electron chi connectivity index (χ4n) is 3.07. The summed E-state index contributed by atoms with van der Waals surface area (Å²) >= 11 is 6.32. The minimum Gasteiger partial charge on any atom is -0.389 e. The van der Waals surface area contributed by atoms with E-state index in [0.29, 0.717) is 34.1 Å². The van der Waals surface area contributed by atoms with Crippen molar-refractivity contribution < 1.29 is 14.7 Å². The Labute approximate surface area is 183 Å². The lowest BCUT2D eigenvalue weighted by Gasteiger charge is -2.19. The Balaban J connectivity index is 1.50. The van der Waals surface area contributed by atoms with E-state index >= 15 is 0 Å². The first-order chi connectivity index (χ1) is 14.0. The van der Waals surface area contributed by atoms with Crippen LogP contribution in [-0.4, -0.2) is 42.7 Å². The first-order valence-corrected chi connectivity index (χ1v) is 11.2. The normalized spacial score (nSPS) is 14.7. The SMILES string of the molecule is O=C(NCC(O)CNc1ccc(N2CCCC2=O)c(Cl)c1)c1ccccc1SCl.